The lowest BCUT2D eigenvalue weighted by molar-refractivity contribution is -0.133. The number of carbonyl (C=O) groups excluding carboxylic acids is 2. The number of primary amides is 1. The molecular weight excluding hydrogens is 294 g/mol. The van der Waals surface area contributed by atoms with Gasteiger partial charge in [-0.1, -0.05) is 12.1 Å². The highest BCUT2D eigenvalue weighted by Gasteiger charge is 2.13. The second-order valence-electron chi connectivity index (χ2n) is 5.63. The van der Waals surface area contributed by atoms with Crippen LogP contribution in [0.4, 0.5) is 0 Å². The van der Waals surface area contributed by atoms with E-state index in [2.05, 4.69) is 11.9 Å². The molecule has 0 spiro atoms. The fourth-order valence-electron chi connectivity index (χ4n) is 2.18. The van der Waals surface area contributed by atoms with Crippen LogP contribution in [0.2, 0.25) is 0 Å². The zero-order chi connectivity index (χ0) is 17.0. The first-order chi connectivity index (χ1) is 10.9. The van der Waals surface area contributed by atoms with Gasteiger partial charge < -0.3 is 15.1 Å². The molecule has 23 heavy (non-hydrogen) atoms. The average molecular weight is 315 g/mol. The summed E-state index contributed by atoms with van der Waals surface area (Å²) in [4.78, 5) is 28.2. The summed E-state index contributed by atoms with van der Waals surface area (Å²) in [6.07, 6.45) is 2.26. The number of amides is 2. The number of hydrogen-bond acceptors (Lipinski definition) is 4. The molecular formula is C17H21N3O3. The number of nitrogens with two attached hydrogens (primary N) is 1. The fraction of sp³-hybridized carbons (Fsp3) is 0.353. The number of likely N-dealkylation sites (N-methyl/N-ethyl adjacent to an activating group) is 1. The van der Waals surface area contributed by atoms with E-state index in [1.54, 1.807) is 13.2 Å². The van der Waals surface area contributed by atoms with E-state index in [0.29, 0.717) is 18.1 Å². The highest BCUT2D eigenvalue weighted by molar-refractivity contribution is 5.83. The minimum Gasteiger partial charge on any atom is -0.441 e. The van der Waals surface area contributed by atoms with Crippen molar-refractivity contribution in [2.75, 3.05) is 13.6 Å². The molecule has 2 aromatic rings. The Morgan fingerprint density at radius 2 is 2.00 bits per heavy atom. The van der Waals surface area contributed by atoms with Crippen molar-refractivity contribution in [2.24, 2.45) is 5.73 Å². The molecule has 1 aromatic heterocycles. The summed E-state index contributed by atoms with van der Waals surface area (Å²) in [6.45, 7) is 4.01. The Morgan fingerprint density at radius 1 is 1.26 bits per heavy atom. The molecule has 0 aliphatic rings. The summed E-state index contributed by atoms with van der Waals surface area (Å²) >= 11 is 0. The van der Waals surface area contributed by atoms with E-state index in [0.717, 1.165) is 5.56 Å². The zero-order valence-corrected chi connectivity index (χ0v) is 13.6. The van der Waals surface area contributed by atoms with Crippen molar-refractivity contribution < 1.29 is 14.0 Å². The van der Waals surface area contributed by atoms with E-state index >= 15 is 0 Å². The molecule has 2 N–H and O–H groups in total. The van der Waals surface area contributed by atoms with Crippen molar-refractivity contribution in [1.29, 1.82) is 0 Å². The maximum absolute atomic E-state index is 11.9. The topological polar surface area (TPSA) is 89.4 Å². The molecule has 2 amide bonds. The highest BCUT2D eigenvalue weighted by atomic mass is 16.4. The number of oxazole rings is 1. The van der Waals surface area contributed by atoms with Gasteiger partial charge in [-0.05, 0) is 31.0 Å². The Labute approximate surface area is 135 Å². The SMILES string of the molecule is Cc1ccc(-c2cnc(CCC(=O)N(C)CC(N)=O)o2)cc1C. The normalized spacial score (nSPS) is 10.6. The van der Waals surface area contributed by atoms with Gasteiger partial charge in [0.2, 0.25) is 11.8 Å². The first kappa shape index (κ1) is 16.7. The van der Waals surface area contributed by atoms with Crippen molar-refractivity contribution in [3.63, 3.8) is 0 Å². The molecule has 0 atom stereocenters. The van der Waals surface area contributed by atoms with Gasteiger partial charge in [0.15, 0.2) is 11.7 Å². The fourth-order valence-corrected chi connectivity index (χ4v) is 2.18. The van der Waals surface area contributed by atoms with Crippen LogP contribution in [-0.4, -0.2) is 35.3 Å². The molecule has 6 nitrogen and oxygen atoms in total. The summed E-state index contributed by atoms with van der Waals surface area (Å²) < 4.78 is 5.70. The number of nitrogens with zero attached hydrogens (tertiary/aromatic N) is 2. The Kier molecular flexibility index (Phi) is 5.16. The van der Waals surface area contributed by atoms with Gasteiger partial charge in [0.25, 0.3) is 0 Å². The molecule has 1 aromatic carbocycles. The van der Waals surface area contributed by atoms with Crippen LogP contribution in [0.1, 0.15) is 23.4 Å². The van der Waals surface area contributed by atoms with E-state index in [1.165, 1.54) is 16.0 Å². The van der Waals surface area contributed by atoms with Gasteiger partial charge in [-0.2, -0.15) is 0 Å². The zero-order valence-electron chi connectivity index (χ0n) is 13.6. The molecule has 0 radical (unpaired) electrons. The minimum atomic E-state index is -0.533. The minimum absolute atomic E-state index is 0.0850. The summed E-state index contributed by atoms with van der Waals surface area (Å²) in [7, 11) is 1.54. The van der Waals surface area contributed by atoms with Gasteiger partial charge in [-0.3, -0.25) is 9.59 Å². The summed E-state index contributed by atoms with van der Waals surface area (Å²) in [5.74, 6) is 0.476. The van der Waals surface area contributed by atoms with Crippen molar-refractivity contribution in [3.05, 3.63) is 41.4 Å². The van der Waals surface area contributed by atoms with E-state index in [9.17, 15) is 9.59 Å². The van der Waals surface area contributed by atoms with Crippen LogP contribution in [0.15, 0.2) is 28.8 Å². The Bertz CT molecular complexity index is 722. The van der Waals surface area contributed by atoms with Crippen LogP contribution in [0.25, 0.3) is 11.3 Å². The highest BCUT2D eigenvalue weighted by Crippen LogP contribution is 2.23. The van der Waals surface area contributed by atoms with Crippen LogP contribution < -0.4 is 5.73 Å². The number of aryl methyl sites for hydroxylation is 3. The number of rotatable bonds is 6. The quantitative estimate of drug-likeness (QED) is 0.880. The maximum Gasteiger partial charge on any atom is 0.237 e. The Hall–Kier alpha value is -2.63. The largest absolute Gasteiger partial charge is 0.441 e. The van der Waals surface area contributed by atoms with Gasteiger partial charge in [0.05, 0.1) is 12.7 Å². The molecule has 0 saturated carbocycles. The number of benzene rings is 1. The van der Waals surface area contributed by atoms with Gasteiger partial charge in [0.1, 0.15) is 0 Å². The van der Waals surface area contributed by atoms with Crippen LogP contribution >= 0.6 is 0 Å². The van der Waals surface area contributed by atoms with E-state index in [-0.39, 0.29) is 18.9 Å². The summed E-state index contributed by atoms with van der Waals surface area (Å²) in [6, 6.07) is 6.07. The van der Waals surface area contributed by atoms with Crippen molar-refractivity contribution >= 4 is 11.8 Å². The number of hydrogen-bond donors (Lipinski definition) is 1. The van der Waals surface area contributed by atoms with Crippen molar-refractivity contribution in [2.45, 2.75) is 26.7 Å². The Morgan fingerprint density at radius 3 is 2.65 bits per heavy atom. The van der Waals surface area contributed by atoms with Crippen LogP contribution in [-0.2, 0) is 16.0 Å². The molecule has 2 rings (SSSR count). The van der Waals surface area contributed by atoms with Crippen molar-refractivity contribution in [3.8, 4) is 11.3 Å². The van der Waals surface area contributed by atoms with E-state index in [4.69, 9.17) is 10.2 Å². The lowest BCUT2D eigenvalue weighted by Gasteiger charge is -2.14. The van der Waals surface area contributed by atoms with Crippen LogP contribution in [0.3, 0.4) is 0 Å². The Balaban J connectivity index is 1.98. The van der Waals surface area contributed by atoms with Crippen LogP contribution in [0, 0.1) is 13.8 Å². The molecule has 0 saturated heterocycles. The van der Waals surface area contributed by atoms with E-state index in [1.807, 2.05) is 25.1 Å². The molecule has 1 heterocycles. The third-order valence-electron chi connectivity index (χ3n) is 3.72. The van der Waals surface area contributed by atoms with Crippen LogP contribution in [0.5, 0.6) is 0 Å². The maximum atomic E-state index is 11.9. The monoisotopic (exact) mass is 315 g/mol. The second-order valence-corrected chi connectivity index (χ2v) is 5.63. The molecule has 6 heteroatoms. The lowest BCUT2D eigenvalue weighted by Crippen LogP contribution is -2.35. The molecule has 0 fully saturated rings. The third kappa shape index (κ3) is 4.42. The lowest BCUT2D eigenvalue weighted by atomic mass is 10.1. The van der Waals surface area contributed by atoms with Gasteiger partial charge in [-0.15, -0.1) is 0 Å². The molecule has 0 unspecified atom stereocenters. The number of aromatic nitrogens is 1. The smallest absolute Gasteiger partial charge is 0.237 e. The standard InChI is InChI=1S/C17H21N3O3/c1-11-4-5-13(8-12(11)2)14-9-19-16(23-14)6-7-17(22)20(3)10-15(18)21/h4-5,8-9H,6-7,10H2,1-3H3,(H2,18,21). The third-order valence-corrected chi connectivity index (χ3v) is 3.72. The summed E-state index contributed by atoms with van der Waals surface area (Å²) in [5.41, 5.74) is 8.43. The summed E-state index contributed by atoms with van der Waals surface area (Å²) in [5, 5.41) is 0. The van der Waals surface area contributed by atoms with E-state index < -0.39 is 5.91 Å². The predicted octanol–water partition coefficient (Wildman–Crippen LogP) is 1.83. The van der Waals surface area contributed by atoms with Crippen molar-refractivity contribution in [1.82, 2.24) is 9.88 Å². The van der Waals surface area contributed by atoms with Gasteiger partial charge in [-0.25, -0.2) is 4.98 Å². The average Bonchev–Trinajstić information content (AvgIpc) is 2.95. The number of carbonyl (C=O) groups is 2. The van der Waals surface area contributed by atoms with Gasteiger partial charge >= 0.3 is 0 Å². The molecule has 0 aliphatic carbocycles. The molecule has 122 valence electrons. The first-order valence-corrected chi connectivity index (χ1v) is 7.41. The molecule has 0 aliphatic heterocycles. The van der Waals surface area contributed by atoms with Gasteiger partial charge in [0, 0.05) is 25.5 Å². The second kappa shape index (κ2) is 7.09. The predicted molar refractivity (Wildman–Crippen MR) is 86.6 cm³/mol. The molecule has 0 bridgehead atoms. The first-order valence-electron chi connectivity index (χ1n) is 7.41.